The number of imidazole rings is 1. The summed E-state index contributed by atoms with van der Waals surface area (Å²) >= 11 is 1.70. The Labute approximate surface area is 74.6 Å². The van der Waals surface area contributed by atoms with Gasteiger partial charge in [0.15, 0.2) is 0 Å². The first-order valence-electron chi connectivity index (χ1n) is 3.58. The van der Waals surface area contributed by atoms with Crippen LogP contribution in [0.3, 0.4) is 0 Å². The lowest BCUT2D eigenvalue weighted by Crippen LogP contribution is -1.82. The fourth-order valence-corrected chi connectivity index (χ4v) is 1.53. The molecule has 0 aliphatic rings. The molecular formula is C8H9N3S. The molecule has 0 saturated carbocycles. The molecule has 2 N–H and O–H groups in total. The Kier molecular flexibility index (Phi) is 1.69. The van der Waals surface area contributed by atoms with E-state index in [0.717, 1.165) is 5.65 Å². The van der Waals surface area contributed by atoms with E-state index in [2.05, 4.69) is 4.98 Å². The second-order valence-corrected chi connectivity index (χ2v) is 3.38. The molecular weight excluding hydrogens is 170 g/mol. The van der Waals surface area contributed by atoms with Crippen molar-refractivity contribution in [1.29, 1.82) is 0 Å². The molecule has 3 nitrogen and oxygen atoms in total. The van der Waals surface area contributed by atoms with E-state index >= 15 is 0 Å². The maximum atomic E-state index is 5.54. The zero-order valence-corrected chi connectivity index (χ0v) is 7.51. The maximum absolute atomic E-state index is 5.54. The minimum absolute atomic E-state index is 0.563. The number of aromatic nitrogens is 2. The highest BCUT2D eigenvalue weighted by Crippen LogP contribution is 2.16. The highest BCUT2D eigenvalue weighted by atomic mass is 32.2. The van der Waals surface area contributed by atoms with Gasteiger partial charge >= 0.3 is 0 Å². The summed E-state index contributed by atoms with van der Waals surface area (Å²) in [6.07, 6.45) is 5.87. The molecule has 2 aromatic rings. The van der Waals surface area contributed by atoms with E-state index in [1.807, 2.05) is 35.2 Å². The number of hydrogen-bond acceptors (Lipinski definition) is 3. The van der Waals surface area contributed by atoms with Crippen molar-refractivity contribution in [1.82, 2.24) is 9.38 Å². The minimum atomic E-state index is 0.563. The van der Waals surface area contributed by atoms with Crippen molar-refractivity contribution < 1.29 is 0 Å². The minimum Gasteiger partial charge on any atom is -0.382 e. The van der Waals surface area contributed by atoms with Crippen LogP contribution >= 0.6 is 11.8 Å². The lowest BCUT2D eigenvalue weighted by molar-refractivity contribution is 1.13. The number of nitrogens with two attached hydrogens (primary N) is 1. The van der Waals surface area contributed by atoms with Gasteiger partial charge in [-0.15, -0.1) is 11.8 Å². The van der Waals surface area contributed by atoms with Crippen molar-refractivity contribution in [2.24, 2.45) is 0 Å². The van der Waals surface area contributed by atoms with Crippen molar-refractivity contribution >= 4 is 23.2 Å². The summed E-state index contributed by atoms with van der Waals surface area (Å²) in [4.78, 5) is 5.33. The fraction of sp³-hybridized carbons (Fsp3) is 0.125. The van der Waals surface area contributed by atoms with Gasteiger partial charge in [0.05, 0.1) is 6.20 Å². The Morgan fingerprint density at radius 3 is 3.00 bits per heavy atom. The second kappa shape index (κ2) is 2.71. The smallest absolute Gasteiger partial charge is 0.142 e. The molecule has 2 aromatic heterocycles. The molecule has 0 fully saturated rings. The van der Waals surface area contributed by atoms with Crippen molar-refractivity contribution in [2.45, 2.75) is 4.90 Å². The number of anilines is 1. The van der Waals surface area contributed by atoms with E-state index in [1.54, 1.807) is 11.8 Å². The molecule has 0 amide bonds. The molecule has 2 heterocycles. The number of fused-ring (bicyclic) bond motifs is 1. The maximum Gasteiger partial charge on any atom is 0.142 e. The molecule has 2 rings (SSSR count). The monoisotopic (exact) mass is 179 g/mol. The molecule has 0 bridgehead atoms. The summed E-state index contributed by atoms with van der Waals surface area (Å²) in [7, 11) is 0. The number of thioether (sulfide) groups is 1. The number of hydrogen-bond donors (Lipinski definition) is 1. The third kappa shape index (κ3) is 1.14. The SMILES string of the molecule is CSc1ccc2nc(N)cn2c1. The van der Waals surface area contributed by atoms with Gasteiger partial charge in [0.2, 0.25) is 0 Å². The summed E-state index contributed by atoms with van der Waals surface area (Å²) in [6, 6.07) is 3.99. The average molecular weight is 179 g/mol. The third-order valence-corrected chi connectivity index (χ3v) is 2.39. The van der Waals surface area contributed by atoms with Gasteiger partial charge in [0.25, 0.3) is 0 Å². The molecule has 0 unspecified atom stereocenters. The molecule has 0 saturated heterocycles. The number of nitrogen functional groups attached to an aromatic ring is 1. The summed E-state index contributed by atoms with van der Waals surface area (Å²) < 4.78 is 1.93. The van der Waals surface area contributed by atoms with E-state index in [0.29, 0.717) is 5.82 Å². The molecule has 0 aliphatic heterocycles. The zero-order chi connectivity index (χ0) is 8.55. The summed E-state index contributed by atoms with van der Waals surface area (Å²) in [5, 5.41) is 0. The van der Waals surface area contributed by atoms with Gasteiger partial charge < -0.3 is 10.1 Å². The van der Waals surface area contributed by atoms with Gasteiger partial charge in [-0.25, -0.2) is 4.98 Å². The van der Waals surface area contributed by atoms with Crippen LogP contribution in [0.1, 0.15) is 0 Å². The zero-order valence-electron chi connectivity index (χ0n) is 6.69. The topological polar surface area (TPSA) is 43.3 Å². The van der Waals surface area contributed by atoms with Crippen LogP contribution in [0.4, 0.5) is 5.82 Å². The van der Waals surface area contributed by atoms with Crippen molar-refractivity contribution in [3.63, 3.8) is 0 Å². The van der Waals surface area contributed by atoms with Crippen molar-refractivity contribution in [3.8, 4) is 0 Å². The first-order chi connectivity index (χ1) is 5.79. The van der Waals surface area contributed by atoms with Crippen LogP contribution in [0, 0.1) is 0 Å². The molecule has 4 heteroatoms. The molecule has 0 aliphatic carbocycles. The predicted molar refractivity (Wildman–Crippen MR) is 51.4 cm³/mol. The van der Waals surface area contributed by atoms with Gasteiger partial charge in [-0.2, -0.15) is 0 Å². The van der Waals surface area contributed by atoms with Crippen LogP contribution in [0.25, 0.3) is 5.65 Å². The van der Waals surface area contributed by atoms with E-state index in [1.165, 1.54) is 4.90 Å². The van der Waals surface area contributed by atoms with Crippen LogP contribution in [-0.2, 0) is 0 Å². The van der Waals surface area contributed by atoms with Crippen LogP contribution in [0.15, 0.2) is 29.4 Å². The molecule has 0 radical (unpaired) electrons. The standard InChI is InChI=1S/C8H9N3S/c1-12-6-2-3-8-10-7(9)5-11(8)4-6/h2-5H,9H2,1H3. The lowest BCUT2D eigenvalue weighted by Gasteiger charge is -1.96. The normalized spacial score (nSPS) is 10.8. The van der Waals surface area contributed by atoms with Gasteiger partial charge in [-0.05, 0) is 18.4 Å². The van der Waals surface area contributed by atoms with E-state index in [-0.39, 0.29) is 0 Å². The van der Waals surface area contributed by atoms with Gasteiger partial charge in [0.1, 0.15) is 11.5 Å². The van der Waals surface area contributed by atoms with Gasteiger partial charge in [0, 0.05) is 11.1 Å². The summed E-state index contributed by atoms with van der Waals surface area (Å²) in [5.41, 5.74) is 6.44. The average Bonchev–Trinajstić information content (AvgIpc) is 2.43. The highest BCUT2D eigenvalue weighted by Gasteiger charge is 1.97. The first kappa shape index (κ1) is 7.49. The van der Waals surface area contributed by atoms with Gasteiger partial charge in [-0.1, -0.05) is 0 Å². The van der Waals surface area contributed by atoms with Gasteiger partial charge in [-0.3, -0.25) is 0 Å². The number of nitrogens with zero attached hydrogens (tertiary/aromatic N) is 2. The molecule has 12 heavy (non-hydrogen) atoms. The summed E-state index contributed by atoms with van der Waals surface area (Å²) in [6.45, 7) is 0. The predicted octanol–water partition coefficient (Wildman–Crippen LogP) is 1.64. The summed E-state index contributed by atoms with van der Waals surface area (Å²) in [5.74, 6) is 0.563. The second-order valence-electron chi connectivity index (χ2n) is 2.50. The molecule has 62 valence electrons. The van der Waals surface area contributed by atoms with Crippen LogP contribution in [-0.4, -0.2) is 15.6 Å². The van der Waals surface area contributed by atoms with E-state index in [4.69, 9.17) is 5.73 Å². The highest BCUT2D eigenvalue weighted by molar-refractivity contribution is 7.98. The Balaban J connectivity index is 2.66. The molecule has 0 atom stereocenters. The first-order valence-corrected chi connectivity index (χ1v) is 4.80. The lowest BCUT2D eigenvalue weighted by atomic mass is 10.5. The number of rotatable bonds is 1. The Bertz CT molecular complexity index is 408. The van der Waals surface area contributed by atoms with Crippen molar-refractivity contribution in [3.05, 3.63) is 24.5 Å². The molecule has 0 spiro atoms. The Hall–Kier alpha value is -1.16. The fourth-order valence-electron chi connectivity index (χ4n) is 1.11. The van der Waals surface area contributed by atoms with Crippen LogP contribution < -0.4 is 5.73 Å². The van der Waals surface area contributed by atoms with Crippen molar-refractivity contribution in [2.75, 3.05) is 12.0 Å². The van der Waals surface area contributed by atoms with Crippen LogP contribution in [0.5, 0.6) is 0 Å². The largest absolute Gasteiger partial charge is 0.382 e. The molecule has 0 aromatic carbocycles. The van der Waals surface area contributed by atoms with E-state index in [9.17, 15) is 0 Å². The number of pyridine rings is 1. The Morgan fingerprint density at radius 1 is 1.42 bits per heavy atom. The van der Waals surface area contributed by atoms with E-state index < -0.39 is 0 Å². The van der Waals surface area contributed by atoms with Crippen LogP contribution in [0.2, 0.25) is 0 Å². The Morgan fingerprint density at radius 2 is 2.25 bits per heavy atom. The third-order valence-electron chi connectivity index (χ3n) is 1.68. The quantitative estimate of drug-likeness (QED) is 0.677.